The molecule has 0 fully saturated rings. The zero-order valence-corrected chi connectivity index (χ0v) is 9.86. The molecule has 0 aliphatic heterocycles. The molecular weight excluding hydrogens is 224 g/mol. The minimum atomic E-state index is -0.131. The van der Waals surface area contributed by atoms with Crippen molar-refractivity contribution in [2.75, 3.05) is 0 Å². The van der Waals surface area contributed by atoms with Crippen molar-refractivity contribution in [3.05, 3.63) is 84.3 Å². The van der Waals surface area contributed by atoms with Crippen LogP contribution in [-0.4, -0.2) is 5.11 Å². The van der Waals surface area contributed by atoms with Crippen LogP contribution in [0.4, 0.5) is 0 Å². The Morgan fingerprint density at radius 2 is 1.50 bits per heavy atom. The molecule has 0 amide bonds. The van der Waals surface area contributed by atoms with Gasteiger partial charge >= 0.3 is 0 Å². The second-order valence-electron chi connectivity index (χ2n) is 3.69. The van der Waals surface area contributed by atoms with E-state index in [0.717, 1.165) is 5.56 Å². The molecule has 2 aromatic rings. The third-order valence-electron chi connectivity index (χ3n) is 2.29. The van der Waals surface area contributed by atoms with E-state index in [-0.39, 0.29) is 5.95 Å². The van der Waals surface area contributed by atoms with Crippen LogP contribution in [0, 0.1) is 0 Å². The van der Waals surface area contributed by atoms with Gasteiger partial charge in [0.05, 0.1) is 0 Å². The minimum absolute atomic E-state index is 0.131. The molecule has 0 bridgehead atoms. The van der Waals surface area contributed by atoms with Gasteiger partial charge in [0.2, 0.25) is 0 Å². The Kier molecular flexibility index (Phi) is 4.20. The van der Waals surface area contributed by atoms with Crippen LogP contribution in [0.3, 0.4) is 0 Å². The maximum Gasteiger partial charge on any atom is 0.282 e. The molecule has 2 nitrogen and oxygen atoms in total. The number of ether oxygens (including phenoxy) is 1. The highest BCUT2D eigenvalue weighted by molar-refractivity contribution is 5.50. The second-order valence-corrected chi connectivity index (χ2v) is 3.69. The summed E-state index contributed by atoms with van der Waals surface area (Å²) in [6, 6.07) is 19.0. The maximum atomic E-state index is 9.57. The largest absolute Gasteiger partial charge is 0.481 e. The number of rotatable bonds is 4. The van der Waals surface area contributed by atoms with Gasteiger partial charge in [0, 0.05) is 6.08 Å². The number of para-hydroxylation sites is 1. The maximum absolute atomic E-state index is 9.57. The van der Waals surface area contributed by atoms with Crippen molar-refractivity contribution < 1.29 is 9.84 Å². The van der Waals surface area contributed by atoms with Crippen molar-refractivity contribution in [2.45, 2.75) is 0 Å². The average Bonchev–Trinajstić information content (AvgIpc) is 2.41. The fourth-order valence-electron chi connectivity index (χ4n) is 1.45. The lowest BCUT2D eigenvalue weighted by Gasteiger charge is -2.01. The van der Waals surface area contributed by atoms with Gasteiger partial charge in [0.15, 0.2) is 0 Å². The van der Waals surface area contributed by atoms with Gasteiger partial charge in [-0.3, -0.25) is 0 Å². The van der Waals surface area contributed by atoms with E-state index in [4.69, 9.17) is 4.74 Å². The fraction of sp³-hybridized carbons (Fsp3) is 0. The summed E-state index contributed by atoms with van der Waals surface area (Å²) < 4.78 is 5.22. The van der Waals surface area contributed by atoms with Crippen molar-refractivity contribution in [1.29, 1.82) is 0 Å². The van der Waals surface area contributed by atoms with Crippen LogP contribution < -0.4 is 4.74 Å². The number of hydrogen-bond donors (Lipinski definition) is 1. The molecule has 2 aromatic carbocycles. The standard InChI is InChI=1S/C16H14O2/c17-16(18-15-11-5-2-6-12-15)13-7-10-14-8-3-1-4-9-14/h1-13,17H. The lowest BCUT2D eigenvalue weighted by Crippen LogP contribution is -1.92. The van der Waals surface area contributed by atoms with Crippen LogP contribution in [0.15, 0.2) is 78.8 Å². The van der Waals surface area contributed by atoms with E-state index in [0.29, 0.717) is 5.75 Å². The van der Waals surface area contributed by atoms with E-state index in [1.165, 1.54) is 6.08 Å². The van der Waals surface area contributed by atoms with Gasteiger partial charge in [-0.05, 0) is 17.7 Å². The van der Waals surface area contributed by atoms with Gasteiger partial charge in [-0.25, -0.2) is 0 Å². The predicted octanol–water partition coefficient (Wildman–Crippen LogP) is 4.18. The molecule has 0 radical (unpaired) electrons. The van der Waals surface area contributed by atoms with Crippen LogP contribution in [0.2, 0.25) is 0 Å². The summed E-state index contributed by atoms with van der Waals surface area (Å²) in [7, 11) is 0. The topological polar surface area (TPSA) is 29.5 Å². The van der Waals surface area contributed by atoms with Crippen LogP contribution in [0.5, 0.6) is 5.75 Å². The molecule has 0 heterocycles. The van der Waals surface area contributed by atoms with Crippen molar-refractivity contribution in [2.24, 2.45) is 0 Å². The number of aliphatic hydroxyl groups excluding tert-OH is 1. The molecule has 90 valence electrons. The molecular formula is C16H14O2. The fourth-order valence-corrected chi connectivity index (χ4v) is 1.45. The highest BCUT2D eigenvalue weighted by Crippen LogP contribution is 2.11. The van der Waals surface area contributed by atoms with Crippen molar-refractivity contribution in [1.82, 2.24) is 0 Å². The third kappa shape index (κ3) is 3.83. The lowest BCUT2D eigenvalue weighted by atomic mass is 10.2. The predicted molar refractivity (Wildman–Crippen MR) is 73.3 cm³/mol. The zero-order valence-electron chi connectivity index (χ0n) is 9.86. The van der Waals surface area contributed by atoms with Crippen molar-refractivity contribution >= 4 is 6.08 Å². The molecule has 1 N–H and O–H groups in total. The summed E-state index contributed by atoms with van der Waals surface area (Å²) in [6.07, 6.45) is 5.15. The number of benzene rings is 2. The van der Waals surface area contributed by atoms with Gasteiger partial charge < -0.3 is 9.84 Å². The van der Waals surface area contributed by atoms with E-state index in [2.05, 4.69) is 0 Å². The Morgan fingerprint density at radius 1 is 0.889 bits per heavy atom. The average molecular weight is 238 g/mol. The molecule has 0 atom stereocenters. The Morgan fingerprint density at radius 3 is 2.17 bits per heavy atom. The molecule has 0 saturated heterocycles. The Bertz CT molecular complexity index is 528. The quantitative estimate of drug-likeness (QED) is 0.639. The first kappa shape index (κ1) is 12.0. The SMILES string of the molecule is OC(=CC=Cc1ccccc1)Oc1ccccc1. The van der Waals surface area contributed by atoms with Crippen LogP contribution in [0.1, 0.15) is 5.56 Å². The molecule has 0 saturated carbocycles. The van der Waals surface area contributed by atoms with Gasteiger partial charge in [-0.2, -0.15) is 0 Å². The molecule has 0 aromatic heterocycles. The summed E-state index contributed by atoms with van der Waals surface area (Å²) in [5, 5.41) is 9.57. The first-order chi connectivity index (χ1) is 8.84. The molecule has 2 rings (SSSR count). The van der Waals surface area contributed by atoms with E-state index in [9.17, 15) is 5.11 Å². The Balaban J connectivity index is 1.95. The summed E-state index contributed by atoms with van der Waals surface area (Å²) >= 11 is 0. The summed E-state index contributed by atoms with van der Waals surface area (Å²) in [5.41, 5.74) is 1.07. The molecule has 0 unspecified atom stereocenters. The van der Waals surface area contributed by atoms with E-state index < -0.39 is 0 Å². The highest BCUT2D eigenvalue weighted by Gasteiger charge is 1.94. The molecule has 0 aliphatic rings. The van der Waals surface area contributed by atoms with E-state index >= 15 is 0 Å². The number of allylic oxidation sites excluding steroid dienone is 2. The zero-order chi connectivity index (χ0) is 12.6. The van der Waals surface area contributed by atoms with E-state index in [1.807, 2.05) is 54.6 Å². The van der Waals surface area contributed by atoms with Gasteiger partial charge in [-0.1, -0.05) is 60.7 Å². The second kappa shape index (κ2) is 6.30. The molecule has 0 spiro atoms. The summed E-state index contributed by atoms with van der Waals surface area (Å²) in [4.78, 5) is 0. The van der Waals surface area contributed by atoms with Gasteiger partial charge in [0.1, 0.15) is 5.75 Å². The highest BCUT2D eigenvalue weighted by atomic mass is 16.6. The normalized spacial score (nSPS) is 11.7. The first-order valence-electron chi connectivity index (χ1n) is 5.70. The number of aliphatic hydroxyl groups is 1. The molecule has 18 heavy (non-hydrogen) atoms. The Hall–Kier alpha value is -2.48. The minimum Gasteiger partial charge on any atom is -0.481 e. The summed E-state index contributed by atoms with van der Waals surface area (Å²) in [5.74, 6) is 0.479. The lowest BCUT2D eigenvalue weighted by molar-refractivity contribution is 0.209. The van der Waals surface area contributed by atoms with Crippen LogP contribution in [0.25, 0.3) is 6.08 Å². The third-order valence-corrected chi connectivity index (χ3v) is 2.29. The van der Waals surface area contributed by atoms with E-state index in [1.54, 1.807) is 18.2 Å². The van der Waals surface area contributed by atoms with Crippen LogP contribution in [-0.2, 0) is 0 Å². The molecule has 2 heteroatoms. The number of hydrogen-bond acceptors (Lipinski definition) is 2. The smallest absolute Gasteiger partial charge is 0.282 e. The summed E-state index contributed by atoms with van der Waals surface area (Å²) in [6.45, 7) is 0. The van der Waals surface area contributed by atoms with Gasteiger partial charge in [0.25, 0.3) is 5.95 Å². The Labute approximate surface area is 106 Å². The van der Waals surface area contributed by atoms with Gasteiger partial charge in [-0.15, -0.1) is 0 Å². The van der Waals surface area contributed by atoms with Crippen LogP contribution >= 0.6 is 0 Å². The monoisotopic (exact) mass is 238 g/mol. The first-order valence-corrected chi connectivity index (χ1v) is 5.70. The molecule has 0 aliphatic carbocycles. The van der Waals surface area contributed by atoms with Crippen molar-refractivity contribution in [3.63, 3.8) is 0 Å². The van der Waals surface area contributed by atoms with Crippen molar-refractivity contribution in [3.8, 4) is 5.75 Å².